The van der Waals surface area contributed by atoms with Crippen molar-refractivity contribution in [3.63, 3.8) is 0 Å². The average molecular weight is 212 g/mol. The fraction of sp³-hybridized carbons (Fsp3) is 1.00. The standard InChI is InChI=1S/C12H24N2O/c1-9(2)10-3-5-12(15,6-4-10)11(13)7-14-8-11/h9-10,14-15H,3-8,13H2,1-2H3. The monoisotopic (exact) mass is 212 g/mol. The molecule has 1 aliphatic heterocycles. The van der Waals surface area contributed by atoms with E-state index in [9.17, 15) is 5.11 Å². The van der Waals surface area contributed by atoms with Crippen LogP contribution in [-0.4, -0.2) is 29.3 Å². The van der Waals surface area contributed by atoms with Gasteiger partial charge in [-0.2, -0.15) is 0 Å². The molecule has 1 saturated carbocycles. The van der Waals surface area contributed by atoms with Crippen molar-refractivity contribution >= 4 is 0 Å². The Morgan fingerprint density at radius 2 is 1.80 bits per heavy atom. The third kappa shape index (κ3) is 1.81. The summed E-state index contributed by atoms with van der Waals surface area (Å²) in [5, 5.41) is 13.8. The summed E-state index contributed by atoms with van der Waals surface area (Å²) in [5.74, 6) is 1.52. The van der Waals surface area contributed by atoms with E-state index in [1.54, 1.807) is 0 Å². The van der Waals surface area contributed by atoms with E-state index >= 15 is 0 Å². The van der Waals surface area contributed by atoms with Crippen LogP contribution >= 0.6 is 0 Å². The van der Waals surface area contributed by atoms with E-state index in [-0.39, 0.29) is 5.54 Å². The summed E-state index contributed by atoms with van der Waals surface area (Å²) in [5.41, 5.74) is 5.26. The van der Waals surface area contributed by atoms with Gasteiger partial charge in [-0.1, -0.05) is 13.8 Å². The van der Waals surface area contributed by atoms with Gasteiger partial charge < -0.3 is 16.2 Å². The van der Waals surface area contributed by atoms with Gasteiger partial charge in [0.25, 0.3) is 0 Å². The lowest BCUT2D eigenvalue weighted by Gasteiger charge is -2.53. The van der Waals surface area contributed by atoms with Crippen molar-refractivity contribution in [2.24, 2.45) is 17.6 Å². The van der Waals surface area contributed by atoms with Crippen LogP contribution in [0.25, 0.3) is 0 Å². The predicted molar refractivity (Wildman–Crippen MR) is 61.5 cm³/mol. The van der Waals surface area contributed by atoms with Crippen LogP contribution in [0.4, 0.5) is 0 Å². The lowest BCUT2D eigenvalue weighted by Crippen LogP contribution is -2.77. The molecule has 2 fully saturated rings. The van der Waals surface area contributed by atoms with Gasteiger partial charge in [0.1, 0.15) is 0 Å². The highest BCUT2D eigenvalue weighted by Crippen LogP contribution is 2.41. The molecule has 15 heavy (non-hydrogen) atoms. The first kappa shape index (κ1) is 11.4. The molecule has 0 spiro atoms. The molecule has 2 rings (SSSR count). The second-order valence-corrected chi connectivity index (χ2v) is 5.87. The Kier molecular flexibility index (Phi) is 2.82. The average Bonchev–Trinajstić information content (AvgIpc) is 2.14. The first-order valence-corrected chi connectivity index (χ1v) is 6.19. The molecular weight excluding hydrogens is 188 g/mol. The minimum absolute atomic E-state index is 0.352. The highest BCUT2D eigenvalue weighted by atomic mass is 16.3. The predicted octanol–water partition coefficient (Wildman–Crippen LogP) is 0.864. The van der Waals surface area contributed by atoms with Crippen LogP contribution in [0.2, 0.25) is 0 Å². The minimum atomic E-state index is -0.607. The number of nitrogens with two attached hydrogens (primary N) is 1. The van der Waals surface area contributed by atoms with Crippen LogP contribution in [0.15, 0.2) is 0 Å². The van der Waals surface area contributed by atoms with Crippen molar-refractivity contribution in [2.45, 2.75) is 50.7 Å². The van der Waals surface area contributed by atoms with E-state index in [4.69, 9.17) is 5.73 Å². The summed E-state index contributed by atoms with van der Waals surface area (Å²) in [4.78, 5) is 0. The molecule has 4 N–H and O–H groups in total. The van der Waals surface area contributed by atoms with Crippen LogP contribution in [0.1, 0.15) is 39.5 Å². The summed E-state index contributed by atoms with van der Waals surface area (Å²) in [7, 11) is 0. The largest absolute Gasteiger partial charge is 0.388 e. The van der Waals surface area contributed by atoms with Gasteiger partial charge in [0.15, 0.2) is 0 Å². The van der Waals surface area contributed by atoms with Crippen LogP contribution in [0, 0.1) is 11.8 Å². The Balaban J connectivity index is 1.96. The normalized spacial score (nSPS) is 40.2. The second kappa shape index (κ2) is 3.72. The van der Waals surface area contributed by atoms with Crippen molar-refractivity contribution in [1.29, 1.82) is 0 Å². The number of hydrogen-bond acceptors (Lipinski definition) is 3. The van der Waals surface area contributed by atoms with Gasteiger partial charge >= 0.3 is 0 Å². The van der Waals surface area contributed by atoms with Crippen molar-refractivity contribution < 1.29 is 5.11 Å². The topological polar surface area (TPSA) is 58.3 Å². The summed E-state index contributed by atoms with van der Waals surface area (Å²) in [6.07, 6.45) is 4.03. The maximum Gasteiger partial charge on any atom is 0.0851 e. The van der Waals surface area contributed by atoms with Gasteiger partial charge in [0.05, 0.1) is 11.1 Å². The molecule has 0 aromatic carbocycles. The molecule has 1 aliphatic carbocycles. The fourth-order valence-electron chi connectivity index (χ4n) is 3.01. The fourth-order valence-corrected chi connectivity index (χ4v) is 3.01. The zero-order valence-electron chi connectivity index (χ0n) is 9.92. The van der Waals surface area contributed by atoms with Gasteiger partial charge in [-0.15, -0.1) is 0 Å². The third-order valence-electron chi connectivity index (χ3n) is 4.61. The Bertz CT molecular complexity index is 228. The molecule has 0 atom stereocenters. The molecular formula is C12H24N2O. The van der Waals surface area contributed by atoms with Gasteiger partial charge in [-0.05, 0) is 37.5 Å². The van der Waals surface area contributed by atoms with E-state index < -0.39 is 5.60 Å². The molecule has 0 bridgehead atoms. The van der Waals surface area contributed by atoms with E-state index in [1.165, 1.54) is 0 Å². The summed E-state index contributed by atoms with van der Waals surface area (Å²) >= 11 is 0. The molecule has 2 aliphatic rings. The molecule has 0 unspecified atom stereocenters. The molecule has 1 saturated heterocycles. The first-order chi connectivity index (χ1) is 6.97. The zero-order valence-corrected chi connectivity index (χ0v) is 9.92. The van der Waals surface area contributed by atoms with E-state index in [0.29, 0.717) is 0 Å². The van der Waals surface area contributed by atoms with Gasteiger partial charge in [-0.25, -0.2) is 0 Å². The number of hydrogen-bond donors (Lipinski definition) is 3. The smallest absolute Gasteiger partial charge is 0.0851 e. The van der Waals surface area contributed by atoms with Crippen LogP contribution in [0.5, 0.6) is 0 Å². The Morgan fingerprint density at radius 3 is 2.13 bits per heavy atom. The molecule has 0 aromatic heterocycles. The highest BCUT2D eigenvalue weighted by Gasteiger charge is 2.52. The van der Waals surface area contributed by atoms with E-state index in [0.717, 1.165) is 50.6 Å². The van der Waals surface area contributed by atoms with Crippen LogP contribution in [0.3, 0.4) is 0 Å². The molecule has 0 radical (unpaired) electrons. The van der Waals surface area contributed by atoms with Crippen molar-refractivity contribution in [3.8, 4) is 0 Å². The minimum Gasteiger partial charge on any atom is -0.388 e. The maximum atomic E-state index is 10.6. The van der Waals surface area contributed by atoms with E-state index in [2.05, 4.69) is 19.2 Å². The summed E-state index contributed by atoms with van der Waals surface area (Å²) in [6.45, 7) is 6.10. The van der Waals surface area contributed by atoms with Crippen molar-refractivity contribution in [2.75, 3.05) is 13.1 Å². The van der Waals surface area contributed by atoms with Gasteiger partial charge in [0.2, 0.25) is 0 Å². The van der Waals surface area contributed by atoms with Crippen molar-refractivity contribution in [3.05, 3.63) is 0 Å². The summed E-state index contributed by atoms with van der Waals surface area (Å²) in [6, 6.07) is 0. The quantitative estimate of drug-likeness (QED) is 0.636. The van der Waals surface area contributed by atoms with Crippen LogP contribution < -0.4 is 11.1 Å². The highest BCUT2D eigenvalue weighted by molar-refractivity contribution is 5.13. The Morgan fingerprint density at radius 1 is 1.27 bits per heavy atom. The molecule has 3 nitrogen and oxygen atoms in total. The molecule has 88 valence electrons. The number of aliphatic hydroxyl groups is 1. The third-order valence-corrected chi connectivity index (χ3v) is 4.61. The maximum absolute atomic E-state index is 10.6. The van der Waals surface area contributed by atoms with Crippen LogP contribution in [-0.2, 0) is 0 Å². The first-order valence-electron chi connectivity index (χ1n) is 6.19. The van der Waals surface area contributed by atoms with Crippen molar-refractivity contribution in [1.82, 2.24) is 5.32 Å². The zero-order chi connectivity index (χ0) is 11.1. The SMILES string of the molecule is CC(C)C1CCC(O)(C2(N)CNC2)CC1. The van der Waals surface area contributed by atoms with Gasteiger partial charge in [-0.3, -0.25) is 0 Å². The number of nitrogens with one attached hydrogen (secondary N) is 1. The lowest BCUT2D eigenvalue weighted by molar-refractivity contribution is -0.0944. The Labute approximate surface area is 92.4 Å². The number of rotatable bonds is 2. The molecule has 3 heteroatoms. The molecule has 0 amide bonds. The Hall–Kier alpha value is -0.120. The second-order valence-electron chi connectivity index (χ2n) is 5.87. The van der Waals surface area contributed by atoms with E-state index in [1.807, 2.05) is 0 Å². The van der Waals surface area contributed by atoms with Gasteiger partial charge in [0, 0.05) is 13.1 Å². The summed E-state index contributed by atoms with van der Waals surface area (Å²) < 4.78 is 0. The lowest BCUT2D eigenvalue weighted by atomic mass is 9.64. The molecule has 1 heterocycles. The molecule has 0 aromatic rings.